The van der Waals surface area contributed by atoms with Crippen molar-refractivity contribution in [3.63, 3.8) is 0 Å². The monoisotopic (exact) mass is 322 g/mol. The second kappa shape index (κ2) is 6.24. The lowest BCUT2D eigenvalue weighted by molar-refractivity contribution is 0.120. The standard InChI is InChI=1S/C19H22N4O/c1-13-11-17(20-12-16-9-6-10-24-16)23-19(21-13)18(14(2)22-23)15-7-4-3-5-8-15/h3-5,7-8,11,16,20H,6,9-10,12H2,1-2H3. The Morgan fingerprint density at radius 1 is 1.25 bits per heavy atom. The van der Waals surface area contributed by atoms with Gasteiger partial charge < -0.3 is 10.1 Å². The molecule has 5 heteroatoms. The normalized spacial score (nSPS) is 17.5. The van der Waals surface area contributed by atoms with Crippen LogP contribution in [0.2, 0.25) is 0 Å². The fourth-order valence-electron chi connectivity index (χ4n) is 3.34. The third-order valence-corrected chi connectivity index (χ3v) is 4.49. The lowest BCUT2D eigenvalue weighted by Gasteiger charge is -2.13. The number of fused-ring (bicyclic) bond motifs is 1. The van der Waals surface area contributed by atoms with Crippen molar-refractivity contribution in [3.05, 3.63) is 47.8 Å². The van der Waals surface area contributed by atoms with Gasteiger partial charge in [0, 0.05) is 30.5 Å². The molecule has 2 aromatic heterocycles. The molecule has 1 aromatic carbocycles. The minimum Gasteiger partial charge on any atom is -0.376 e. The van der Waals surface area contributed by atoms with Crippen LogP contribution in [0.25, 0.3) is 16.8 Å². The van der Waals surface area contributed by atoms with Crippen LogP contribution < -0.4 is 5.32 Å². The summed E-state index contributed by atoms with van der Waals surface area (Å²) in [6, 6.07) is 12.4. The van der Waals surface area contributed by atoms with E-state index in [2.05, 4.69) is 17.4 Å². The van der Waals surface area contributed by atoms with E-state index in [0.717, 1.165) is 60.0 Å². The van der Waals surface area contributed by atoms with Gasteiger partial charge >= 0.3 is 0 Å². The van der Waals surface area contributed by atoms with Crippen molar-refractivity contribution in [2.75, 3.05) is 18.5 Å². The van der Waals surface area contributed by atoms with Crippen LogP contribution in [0, 0.1) is 13.8 Å². The minimum absolute atomic E-state index is 0.291. The van der Waals surface area contributed by atoms with Crippen LogP contribution in [-0.4, -0.2) is 33.9 Å². The van der Waals surface area contributed by atoms with Gasteiger partial charge in [-0.15, -0.1) is 0 Å². The molecular formula is C19H22N4O. The van der Waals surface area contributed by atoms with Crippen LogP contribution in [0.4, 0.5) is 5.82 Å². The van der Waals surface area contributed by atoms with Gasteiger partial charge in [0.05, 0.1) is 11.8 Å². The van der Waals surface area contributed by atoms with Crippen molar-refractivity contribution in [2.45, 2.75) is 32.8 Å². The van der Waals surface area contributed by atoms with Gasteiger partial charge in [0.15, 0.2) is 5.65 Å². The molecule has 0 saturated carbocycles. The Balaban J connectivity index is 1.75. The number of anilines is 1. The third-order valence-electron chi connectivity index (χ3n) is 4.49. The number of nitrogens with one attached hydrogen (secondary N) is 1. The molecule has 1 atom stereocenters. The van der Waals surface area contributed by atoms with E-state index in [1.54, 1.807) is 0 Å². The van der Waals surface area contributed by atoms with E-state index < -0.39 is 0 Å². The maximum absolute atomic E-state index is 5.71. The van der Waals surface area contributed by atoms with Crippen LogP contribution >= 0.6 is 0 Å². The molecule has 0 radical (unpaired) electrons. The van der Waals surface area contributed by atoms with Crippen molar-refractivity contribution < 1.29 is 4.74 Å². The van der Waals surface area contributed by atoms with Crippen LogP contribution in [0.15, 0.2) is 36.4 Å². The number of benzene rings is 1. The van der Waals surface area contributed by atoms with E-state index >= 15 is 0 Å². The van der Waals surface area contributed by atoms with E-state index in [0.29, 0.717) is 6.10 Å². The van der Waals surface area contributed by atoms with Crippen molar-refractivity contribution in [2.24, 2.45) is 0 Å². The minimum atomic E-state index is 0.291. The van der Waals surface area contributed by atoms with E-state index in [9.17, 15) is 0 Å². The largest absolute Gasteiger partial charge is 0.376 e. The molecule has 5 nitrogen and oxygen atoms in total. The predicted octanol–water partition coefficient (Wildman–Crippen LogP) is 3.60. The van der Waals surface area contributed by atoms with E-state index in [1.165, 1.54) is 0 Å². The van der Waals surface area contributed by atoms with Gasteiger partial charge in [0.1, 0.15) is 5.82 Å². The van der Waals surface area contributed by atoms with Crippen LogP contribution in [0.3, 0.4) is 0 Å². The number of hydrogen-bond donors (Lipinski definition) is 1. The number of aromatic nitrogens is 3. The Labute approximate surface area is 141 Å². The maximum atomic E-state index is 5.71. The second-order valence-corrected chi connectivity index (χ2v) is 6.36. The van der Waals surface area contributed by atoms with Gasteiger partial charge in [-0.1, -0.05) is 30.3 Å². The number of aryl methyl sites for hydroxylation is 2. The second-order valence-electron chi connectivity index (χ2n) is 6.36. The van der Waals surface area contributed by atoms with E-state index in [-0.39, 0.29) is 0 Å². The van der Waals surface area contributed by atoms with Crippen LogP contribution in [0.5, 0.6) is 0 Å². The first-order valence-corrected chi connectivity index (χ1v) is 8.50. The molecule has 1 N–H and O–H groups in total. The molecule has 1 fully saturated rings. The molecule has 0 bridgehead atoms. The Morgan fingerprint density at radius 3 is 2.83 bits per heavy atom. The molecular weight excluding hydrogens is 300 g/mol. The van der Waals surface area contributed by atoms with Gasteiger partial charge in [0.25, 0.3) is 0 Å². The van der Waals surface area contributed by atoms with Crippen LogP contribution in [-0.2, 0) is 4.74 Å². The molecule has 3 aromatic rings. The van der Waals surface area contributed by atoms with Crippen molar-refractivity contribution in [1.29, 1.82) is 0 Å². The SMILES string of the molecule is Cc1cc(NCC2CCCO2)n2nc(C)c(-c3ccccc3)c2n1. The summed E-state index contributed by atoms with van der Waals surface area (Å²) in [5.74, 6) is 0.971. The van der Waals surface area contributed by atoms with Crippen molar-refractivity contribution in [3.8, 4) is 11.1 Å². The lowest BCUT2D eigenvalue weighted by Crippen LogP contribution is -2.20. The smallest absolute Gasteiger partial charge is 0.165 e. The fraction of sp³-hybridized carbons (Fsp3) is 0.368. The predicted molar refractivity (Wildman–Crippen MR) is 95.4 cm³/mol. The first kappa shape index (κ1) is 15.1. The quantitative estimate of drug-likeness (QED) is 0.797. The van der Waals surface area contributed by atoms with Crippen molar-refractivity contribution >= 4 is 11.5 Å². The fourth-order valence-corrected chi connectivity index (χ4v) is 3.34. The van der Waals surface area contributed by atoms with E-state index in [1.807, 2.05) is 42.6 Å². The molecule has 0 amide bonds. The summed E-state index contributed by atoms with van der Waals surface area (Å²) in [6.45, 7) is 5.73. The molecule has 1 saturated heterocycles. The third kappa shape index (κ3) is 2.76. The summed E-state index contributed by atoms with van der Waals surface area (Å²) in [7, 11) is 0. The molecule has 24 heavy (non-hydrogen) atoms. The molecule has 124 valence electrons. The highest BCUT2D eigenvalue weighted by molar-refractivity contribution is 5.80. The van der Waals surface area contributed by atoms with Gasteiger partial charge in [-0.3, -0.25) is 0 Å². The summed E-state index contributed by atoms with van der Waals surface area (Å²) in [6.07, 6.45) is 2.56. The molecule has 1 unspecified atom stereocenters. The average Bonchev–Trinajstić information content (AvgIpc) is 3.20. The first-order valence-electron chi connectivity index (χ1n) is 8.50. The highest BCUT2D eigenvalue weighted by Crippen LogP contribution is 2.29. The molecule has 0 spiro atoms. The molecule has 3 heterocycles. The number of rotatable bonds is 4. The summed E-state index contributed by atoms with van der Waals surface area (Å²) in [5.41, 5.74) is 5.11. The summed E-state index contributed by atoms with van der Waals surface area (Å²) >= 11 is 0. The van der Waals surface area contributed by atoms with Crippen molar-refractivity contribution in [1.82, 2.24) is 14.6 Å². The Bertz CT molecular complexity index is 851. The lowest BCUT2D eigenvalue weighted by atomic mass is 10.1. The number of hydrogen-bond acceptors (Lipinski definition) is 4. The van der Waals surface area contributed by atoms with Gasteiger partial charge in [-0.25, -0.2) is 4.98 Å². The summed E-state index contributed by atoms with van der Waals surface area (Å²) < 4.78 is 7.62. The zero-order valence-corrected chi connectivity index (χ0v) is 14.1. The van der Waals surface area contributed by atoms with Gasteiger partial charge in [0.2, 0.25) is 0 Å². The topological polar surface area (TPSA) is 51.5 Å². The average molecular weight is 322 g/mol. The first-order chi connectivity index (χ1) is 11.7. The zero-order valence-electron chi connectivity index (χ0n) is 14.1. The molecule has 1 aliphatic rings. The number of nitrogens with zero attached hydrogens (tertiary/aromatic N) is 3. The maximum Gasteiger partial charge on any atom is 0.165 e. The number of ether oxygens (including phenoxy) is 1. The molecule has 1 aliphatic heterocycles. The van der Waals surface area contributed by atoms with Gasteiger partial charge in [-0.05, 0) is 32.3 Å². The Kier molecular flexibility index (Phi) is 3.94. The molecule has 4 rings (SSSR count). The highest BCUT2D eigenvalue weighted by atomic mass is 16.5. The van der Waals surface area contributed by atoms with Crippen LogP contribution in [0.1, 0.15) is 24.2 Å². The van der Waals surface area contributed by atoms with E-state index in [4.69, 9.17) is 14.8 Å². The Morgan fingerprint density at radius 2 is 2.08 bits per heavy atom. The highest BCUT2D eigenvalue weighted by Gasteiger charge is 2.18. The zero-order chi connectivity index (χ0) is 16.5. The van der Waals surface area contributed by atoms with Gasteiger partial charge in [-0.2, -0.15) is 9.61 Å². The molecule has 0 aliphatic carbocycles. The summed E-state index contributed by atoms with van der Waals surface area (Å²) in [4.78, 5) is 4.74. The Hall–Kier alpha value is -2.40. The summed E-state index contributed by atoms with van der Waals surface area (Å²) in [5, 5.41) is 8.22.